The van der Waals surface area contributed by atoms with E-state index in [0.29, 0.717) is 205 Å². The SMILES string of the molecule is Oc1c2cccc1Cc1cccc3c1OCCC[n+]1ccc(cc1)-c1cc[n+](cc1)Cc1ccc(cc1)C[n+]1ccc(cc1)-c1cc[n+](cc1)CCCOc1c(cccc1Cc1cccc(c1O)C3)C2.Oc1c2cccc1Cc1cccc3c1OCCOCCOc1ccc(cc1)OCCOCCOCCOCCOc1ccc(cc1)OCCOCCOc1c(cccc1Cc1cccc(c1O)C3)C2.[Cl-].[Cl-].[Cl-].[Cl-]. The van der Waals surface area contributed by atoms with Crippen molar-refractivity contribution in [2.75, 3.05) is 119 Å². The Kier molecular flexibility index (Phi) is 39.5. The zero-order chi connectivity index (χ0) is 94.5. The fourth-order valence-electron chi connectivity index (χ4n) is 18.2. The molecule has 20 heterocycles. The summed E-state index contributed by atoms with van der Waals surface area (Å²) in [7, 11) is 0. The minimum absolute atomic E-state index is 0. The van der Waals surface area contributed by atoms with Crippen LogP contribution < -0.4 is 106 Å². The Labute approximate surface area is 861 Å². The van der Waals surface area contributed by atoms with Gasteiger partial charge in [0.1, 0.15) is 109 Å². The normalized spacial score (nSPS) is 14.9. The van der Waals surface area contributed by atoms with Gasteiger partial charge in [-0.3, -0.25) is 0 Å². The Balaban J connectivity index is 0.000000221. The van der Waals surface area contributed by atoms with E-state index in [1.165, 1.54) is 33.4 Å². The van der Waals surface area contributed by atoms with Gasteiger partial charge in [0.2, 0.25) is 0 Å². The largest absolute Gasteiger partial charge is 1.00 e. The van der Waals surface area contributed by atoms with Gasteiger partial charge >= 0.3 is 0 Å². The first-order chi connectivity index (χ1) is 68.5. The minimum Gasteiger partial charge on any atom is -1.00 e. The number of phenols is 4. The second-order valence-corrected chi connectivity index (χ2v) is 35.2. The molecule has 0 unspecified atom stereocenters. The molecule has 0 amide bonds. The van der Waals surface area contributed by atoms with Crippen LogP contribution >= 0.6 is 0 Å². The van der Waals surface area contributed by atoms with Crippen LogP contribution in [0.5, 0.6) is 69.0 Å². The van der Waals surface area contributed by atoms with Crippen molar-refractivity contribution in [3.8, 4) is 91.2 Å². The van der Waals surface area contributed by atoms with Crippen molar-refractivity contribution in [3.05, 3.63) is 417 Å². The molecule has 4 N–H and O–H groups in total. The van der Waals surface area contributed by atoms with Crippen molar-refractivity contribution >= 4 is 0 Å². The van der Waals surface area contributed by atoms with E-state index in [1.54, 1.807) is 0 Å². The van der Waals surface area contributed by atoms with Crippen LogP contribution in [0.1, 0.15) is 113 Å². The molecule has 15 aromatic rings. The molecular formula is C118H120Cl4N4O17. The van der Waals surface area contributed by atoms with Crippen LogP contribution in [0.4, 0.5) is 0 Å². The lowest BCUT2D eigenvalue weighted by Crippen LogP contribution is -3.00. The number of hydrogen-bond donors (Lipinski definition) is 4. The molecule has 4 aromatic heterocycles. The maximum absolute atomic E-state index is 12.0. The highest BCUT2D eigenvalue weighted by Crippen LogP contribution is 2.42. The number of pyridine rings is 4. The maximum atomic E-state index is 12.0. The van der Waals surface area contributed by atoms with Crippen LogP contribution in [-0.2, 0) is 101 Å². The van der Waals surface area contributed by atoms with E-state index < -0.39 is 0 Å². The number of nitrogens with zero attached hydrogens (tertiary/aromatic N) is 4. The first kappa shape index (κ1) is 105. The molecule has 742 valence electrons. The van der Waals surface area contributed by atoms with Gasteiger partial charge in [-0.05, 0) is 160 Å². The first-order valence-electron chi connectivity index (χ1n) is 48.3. The first-order valence-corrected chi connectivity index (χ1v) is 48.3. The summed E-state index contributed by atoms with van der Waals surface area (Å²) >= 11 is 0. The minimum atomic E-state index is 0. The van der Waals surface area contributed by atoms with Crippen molar-refractivity contribution in [3.63, 3.8) is 0 Å². The van der Waals surface area contributed by atoms with Gasteiger partial charge in [0, 0.05) is 124 Å². The van der Waals surface area contributed by atoms with Gasteiger partial charge < -0.3 is 132 Å². The van der Waals surface area contributed by atoms with E-state index >= 15 is 0 Å². The molecule has 34 bridgehead atoms. The molecule has 33 rings (SSSR count). The summed E-state index contributed by atoms with van der Waals surface area (Å²) in [5, 5.41) is 47.6. The highest BCUT2D eigenvalue weighted by atomic mass is 35.5. The second-order valence-electron chi connectivity index (χ2n) is 35.2. The summed E-state index contributed by atoms with van der Waals surface area (Å²) in [5.74, 6) is 6.92. The summed E-state index contributed by atoms with van der Waals surface area (Å²) < 4.78 is 87.7. The van der Waals surface area contributed by atoms with Crippen LogP contribution in [0.15, 0.2) is 316 Å². The van der Waals surface area contributed by atoms with E-state index in [0.717, 1.165) is 151 Å². The maximum Gasteiger partial charge on any atom is 0.173 e. The quantitative estimate of drug-likeness (QED) is 0.125. The van der Waals surface area contributed by atoms with Gasteiger partial charge in [0.05, 0.1) is 79.3 Å². The number of hydrogen-bond acceptors (Lipinski definition) is 17. The smallest absolute Gasteiger partial charge is 0.173 e. The molecule has 11 aromatic carbocycles. The van der Waals surface area contributed by atoms with Crippen molar-refractivity contribution in [2.24, 2.45) is 0 Å². The van der Waals surface area contributed by atoms with E-state index in [9.17, 15) is 20.4 Å². The Morgan fingerprint density at radius 2 is 0.350 bits per heavy atom. The second kappa shape index (κ2) is 53.6. The van der Waals surface area contributed by atoms with Crippen LogP contribution in [-0.4, -0.2) is 139 Å². The summed E-state index contributed by atoms with van der Waals surface area (Å²) in [6.07, 6.45) is 22.5. The number of phenolic OH excluding ortho intramolecular Hbond substituents is 4. The van der Waals surface area contributed by atoms with Gasteiger partial charge in [-0.1, -0.05) is 170 Å². The molecule has 16 aliphatic heterocycles. The zero-order valence-corrected chi connectivity index (χ0v) is 83.1. The number of rotatable bonds is 0. The van der Waals surface area contributed by atoms with E-state index in [4.69, 9.17) is 61.6 Å². The molecule has 0 radical (unpaired) electrons. The monoisotopic (exact) mass is 2000 g/mol. The average molecular weight is 2010 g/mol. The number of fused-ring (bicyclic) bond motifs is 3. The third-order valence-electron chi connectivity index (χ3n) is 25.5. The number of aromatic nitrogens is 4. The molecule has 0 fully saturated rings. The molecule has 0 saturated carbocycles. The molecule has 2 aliphatic carbocycles. The predicted octanol–water partition coefficient (Wildman–Crippen LogP) is 6.17. The number of para-hydroxylation sites is 8. The highest BCUT2D eigenvalue weighted by Gasteiger charge is 2.26. The van der Waals surface area contributed by atoms with Crippen molar-refractivity contribution < 1.29 is 150 Å². The van der Waals surface area contributed by atoms with E-state index in [2.05, 4.69) is 177 Å². The number of ether oxygens (including phenoxy) is 13. The van der Waals surface area contributed by atoms with Crippen molar-refractivity contribution in [1.82, 2.24) is 0 Å². The van der Waals surface area contributed by atoms with Crippen molar-refractivity contribution in [2.45, 2.75) is 90.4 Å². The Bertz CT molecular complexity index is 6010. The third-order valence-corrected chi connectivity index (χ3v) is 25.5. The molecule has 0 saturated heterocycles. The topological polar surface area (TPSA) is 216 Å². The van der Waals surface area contributed by atoms with Crippen LogP contribution in [0.3, 0.4) is 0 Å². The zero-order valence-electron chi connectivity index (χ0n) is 80.0. The molecule has 25 heteroatoms. The lowest BCUT2D eigenvalue weighted by molar-refractivity contribution is -0.697. The Morgan fingerprint density at radius 3 is 0.559 bits per heavy atom. The predicted molar refractivity (Wildman–Crippen MR) is 530 cm³/mol. The molecule has 143 heavy (non-hydrogen) atoms. The number of benzene rings is 11. The average Bonchev–Trinajstić information content (AvgIpc) is 0.794. The number of aryl methyl sites for hydroxylation is 2. The standard InChI is InChI=1S/C62H56N4O4.C56H62O13.4ClH/c67-59-51-7-1-8-52(59)40-56-12-4-14-58-42-54-10-2-9-53(60(54)68)41-57-13-3-11-55(39-51)61(57)69-37-5-27-63-29-19-47(20-30-63)49-23-33-65(34-24-49)43-45-15-17-46(18-16-45)44-66-35-25-50(26-36-66)48-21-31-64(32-22-48)28-6-38-70-62(56)58;57-53-41-5-1-6-42(53)38-46-10-4-12-48-40-44-8-2-7-43(54(44)58)39-47-11-3-9-45(37-41)55(47)68-35-29-62-27-33-66-51-17-13-49(14-18-51)64-31-25-60-23-21-59-22-24-61-26-32-65-50-15-19-52(20-16-50)67-34-28-63-30-36-69-56(46)48;;;;/h1-4,7-26,29-36H,5-6,27-28,37-44H2;1-20,57-58H,21-40H2;4*1H/q+2;;;;;/p-2. The van der Waals surface area contributed by atoms with Crippen molar-refractivity contribution in [1.29, 1.82) is 0 Å². The number of halogens is 4. The lowest BCUT2D eigenvalue weighted by atomic mass is 9.91. The van der Waals surface area contributed by atoms with Gasteiger partial charge in [0.25, 0.3) is 0 Å². The molecule has 21 nitrogen and oxygen atoms in total. The Hall–Kier alpha value is -13.4. The highest BCUT2D eigenvalue weighted by molar-refractivity contribution is 5.63. The van der Waals surface area contributed by atoms with E-state index in [-0.39, 0.29) is 61.1 Å². The van der Waals surface area contributed by atoms with Gasteiger partial charge in [-0.2, -0.15) is 0 Å². The van der Waals surface area contributed by atoms with E-state index in [1.807, 2.05) is 158 Å². The van der Waals surface area contributed by atoms with Gasteiger partial charge in [0.15, 0.2) is 75.8 Å². The summed E-state index contributed by atoms with van der Waals surface area (Å²) in [6, 6.07) is 89.7. The molecular weight excluding hydrogens is 1890 g/mol. The molecule has 0 atom stereocenters. The van der Waals surface area contributed by atoms with Crippen LogP contribution in [0, 0.1) is 0 Å². The van der Waals surface area contributed by atoms with Gasteiger partial charge in [-0.15, -0.1) is 0 Å². The fraction of sp³-hybridized carbons (Fsp3) is 0.271. The number of aromatic hydroxyl groups is 4. The Morgan fingerprint density at radius 1 is 0.175 bits per heavy atom. The third kappa shape index (κ3) is 29.0. The lowest BCUT2D eigenvalue weighted by Gasteiger charge is -2.20. The summed E-state index contributed by atoms with van der Waals surface area (Å²) in [6.45, 7) is 10.5. The van der Waals surface area contributed by atoms with Gasteiger partial charge in [-0.25, -0.2) is 18.3 Å². The molecule has 18 aliphatic rings. The molecule has 0 spiro atoms. The fourth-order valence-corrected chi connectivity index (χ4v) is 18.2. The van der Waals surface area contributed by atoms with Crippen LogP contribution in [0.2, 0.25) is 0 Å². The summed E-state index contributed by atoms with van der Waals surface area (Å²) in [5.41, 5.74) is 21.3. The van der Waals surface area contributed by atoms with Crippen LogP contribution in [0.25, 0.3) is 22.3 Å². The summed E-state index contributed by atoms with van der Waals surface area (Å²) in [4.78, 5) is 0.